The Kier molecular flexibility index (Phi) is 6.91. The summed E-state index contributed by atoms with van der Waals surface area (Å²) in [6, 6.07) is 16.8. The van der Waals surface area contributed by atoms with E-state index in [4.69, 9.17) is 0 Å². The van der Waals surface area contributed by atoms with Crippen molar-refractivity contribution < 1.29 is 14.7 Å². The van der Waals surface area contributed by atoms with Crippen molar-refractivity contribution in [3.63, 3.8) is 0 Å². The first-order valence-corrected chi connectivity index (χ1v) is 8.83. The van der Waals surface area contributed by atoms with Crippen LogP contribution >= 0.6 is 0 Å². The van der Waals surface area contributed by atoms with Crippen molar-refractivity contribution in [2.45, 2.75) is 32.4 Å². The highest BCUT2D eigenvalue weighted by molar-refractivity contribution is 5.98. The zero-order valence-electron chi connectivity index (χ0n) is 15.8. The molecule has 2 aromatic carbocycles. The lowest BCUT2D eigenvalue weighted by Gasteiger charge is -2.37. The van der Waals surface area contributed by atoms with Crippen LogP contribution in [0.4, 0.5) is 5.69 Å². The van der Waals surface area contributed by atoms with E-state index in [9.17, 15) is 14.7 Å². The van der Waals surface area contributed by atoms with Crippen LogP contribution in [0.1, 0.15) is 25.0 Å². The quantitative estimate of drug-likeness (QED) is 0.705. The van der Waals surface area contributed by atoms with Gasteiger partial charge in [-0.15, -0.1) is 0 Å². The molecule has 2 amide bonds. The molecule has 0 unspecified atom stereocenters. The smallest absolute Gasteiger partial charge is 0.247 e. The summed E-state index contributed by atoms with van der Waals surface area (Å²) in [6.45, 7) is 7.42. The molecule has 0 saturated carbocycles. The molecule has 0 heterocycles. The number of hydrogen-bond donors (Lipinski definition) is 2. The van der Waals surface area contributed by atoms with E-state index in [1.54, 1.807) is 17.0 Å². The van der Waals surface area contributed by atoms with Gasteiger partial charge in [-0.25, -0.2) is 0 Å². The third kappa shape index (κ3) is 5.79. The van der Waals surface area contributed by atoms with Crippen LogP contribution in [-0.4, -0.2) is 34.0 Å². The Bertz CT molecular complexity index is 783. The first kappa shape index (κ1) is 20.4. The van der Waals surface area contributed by atoms with Gasteiger partial charge in [-0.05, 0) is 43.2 Å². The van der Waals surface area contributed by atoms with Gasteiger partial charge in [0.2, 0.25) is 11.8 Å². The van der Waals surface area contributed by atoms with Gasteiger partial charge in [0.25, 0.3) is 0 Å². The Labute approximate surface area is 160 Å². The van der Waals surface area contributed by atoms with Gasteiger partial charge in [-0.3, -0.25) is 9.59 Å². The van der Waals surface area contributed by atoms with Gasteiger partial charge >= 0.3 is 0 Å². The highest BCUT2D eigenvalue weighted by Crippen LogP contribution is 2.20. The van der Waals surface area contributed by atoms with Crippen LogP contribution in [0.3, 0.4) is 0 Å². The maximum absolute atomic E-state index is 13.0. The summed E-state index contributed by atoms with van der Waals surface area (Å²) < 4.78 is 0. The van der Waals surface area contributed by atoms with E-state index < -0.39 is 5.54 Å². The van der Waals surface area contributed by atoms with E-state index in [-0.39, 0.29) is 24.8 Å². The predicted octanol–water partition coefficient (Wildman–Crippen LogP) is 3.15. The number of carbonyl (C=O) groups excluding carboxylic acids is 2. The number of aliphatic hydroxyl groups is 1. The van der Waals surface area contributed by atoms with Gasteiger partial charge in [-0.1, -0.05) is 49.0 Å². The molecule has 0 atom stereocenters. The average Bonchev–Trinajstić information content (AvgIpc) is 2.68. The molecule has 0 saturated heterocycles. The molecule has 0 aliphatic heterocycles. The Hall–Kier alpha value is -2.92. The second kappa shape index (κ2) is 9.14. The van der Waals surface area contributed by atoms with E-state index in [1.165, 1.54) is 6.08 Å². The molecule has 0 aliphatic rings. The van der Waals surface area contributed by atoms with Gasteiger partial charge in [0.1, 0.15) is 0 Å². The summed E-state index contributed by atoms with van der Waals surface area (Å²) >= 11 is 0. The number of rotatable bonds is 8. The zero-order valence-corrected chi connectivity index (χ0v) is 15.8. The number of hydrogen-bond acceptors (Lipinski definition) is 3. The second-order valence-corrected chi connectivity index (χ2v) is 7.00. The maximum atomic E-state index is 13.0. The molecule has 2 aromatic rings. The minimum absolute atomic E-state index is 0.0687. The lowest BCUT2D eigenvalue weighted by atomic mass is 10.0. The van der Waals surface area contributed by atoms with Crippen molar-refractivity contribution in [2.75, 3.05) is 11.9 Å². The number of nitrogens with one attached hydrogen (secondary N) is 1. The van der Waals surface area contributed by atoms with Crippen LogP contribution in [0.2, 0.25) is 0 Å². The minimum Gasteiger partial charge on any atom is -0.394 e. The van der Waals surface area contributed by atoms with Crippen molar-refractivity contribution >= 4 is 17.5 Å². The molecule has 0 fully saturated rings. The predicted molar refractivity (Wildman–Crippen MR) is 107 cm³/mol. The SMILES string of the molecule is C=CC(=O)Nc1ccc(CC(=O)N(Cc2ccccc2)C(C)(C)CO)cc1. The summed E-state index contributed by atoms with van der Waals surface area (Å²) in [5.41, 5.74) is 1.82. The number of nitrogens with zero attached hydrogens (tertiary/aromatic N) is 1. The van der Waals surface area contributed by atoms with Gasteiger partial charge in [0, 0.05) is 12.2 Å². The van der Waals surface area contributed by atoms with Gasteiger partial charge < -0.3 is 15.3 Å². The number of amides is 2. The van der Waals surface area contributed by atoms with Gasteiger partial charge in [-0.2, -0.15) is 0 Å². The molecule has 5 nitrogen and oxygen atoms in total. The highest BCUT2D eigenvalue weighted by atomic mass is 16.3. The standard InChI is InChI=1S/C22H26N2O3/c1-4-20(26)23-19-12-10-17(11-13-19)14-21(27)24(22(2,3)16-25)15-18-8-6-5-7-9-18/h4-13,25H,1,14-16H2,2-3H3,(H,23,26). The minimum atomic E-state index is -0.676. The van der Waals surface area contributed by atoms with Crippen molar-refractivity contribution in [3.05, 3.63) is 78.4 Å². The van der Waals surface area contributed by atoms with E-state index in [2.05, 4.69) is 11.9 Å². The number of anilines is 1. The number of aliphatic hydroxyl groups excluding tert-OH is 1. The highest BCUT2D eigenvalue weighted by Gasteiger charge is 2.30. The monoisotopic (exact) mass is 366 g/mol. The average molecular weight is 366 g/mol. The molecule has 2 N–H and O–H groups in total. The summed E-state index contributed by atoms with van der Waals surface area (Å²) in [7, 11) is 0. The maximum Gasteiger partial charge on any atom is 0.247 e. The first-order chi connectivity index (χ1) is 12.9. The van der Waals surface area contributed by atoms with Crippen molar-refractivity contribution in [1.82, 2.24) is 4.90 Å². The Morgan fingerprint density at radius 1 is 1.07 bits per heavy atom. The number of benzene rings is 2. The third-order valence-electron chi connectivity index (χ3n) is 4.36. The largest absolute Gasteiger partial charge is 0.394 e. The third-order valence-corrected chi connectivity index (χ3v) is 4.36. The molecule has 5 heteroatoms. The van der Waals surface area contributed by atoms with Crippen LogP contribution in [0, 0.1) is 0 Å². The van der Waals surface area contributed by atoms with Crippen LogP contribution in [0.5, 0.6) is 0 Å². The lowest BCUT2D eigenvalue weighted by Crippen LogP contribution is -2.50. The van der Waals surface area contributed by atoms with E-state index in [0.29, 0.717) is 12.2 Å². The summed E-state index contributed by atoms with van der Waals surface area (Å²) in [5, 5.41) is 12.4. The van der Waals surface area contributed by atoms with E-state index in [0.717, 1.165) is 11.1 Å². The van der Waals surface area contributed by atoms with Crippen molar-refractivity contribution in [1.29, 1.82) is 0 Å². The molecule has 142 valence electrons. The summed E-state index contributed by atoms with van der Waals surface area (Å²) in [5.74, 6) is -0.349. The van der Waals surface area contributed by atoms with Gasteiger partial charge in [0.05, 0.1) is 18.6 Å². The molecule has 0 aromatic heterocycles. The van der Waals surface area contributed by atoms with Crippen molar-refractivity contribution in [3.8, 4) is 0 Å². The fourth-order valence-corrected chi connectivity index (χ4v) is 2.66. The molecular formula is C22H26N2O3. The van der Waals surface area contributed by atoms with Crippen LogP contribution < -0.4 is 5.32 Å². The Morgan fingerprint density at radius 3 is 2.26 bits per heavy atom. The van der Waals surface area contributed by atoms with Crippen LogP contribution in [-0.2, 0) is 22.6 Å². The molecule has 0 bridgehead atoms. The van der Waals surface area contributed by atoms with Gasteiger partial charge in [0.15, 0.2) is 0 Å². The second-order valence-electron chi connectivity index (χ2n) is 7.00. The molecule has 0 spiro atoms. The van der Waals surface area contributed by atoms with E-state index in [1.807, 2.05) is 56.3 Å². The molecule has 27 heavy (non-hydrogen) atoms. The van der Waals surface area contributed by atoms with E-state index >= 15 is 0 Å². The number of carbonyl (C=O) groups is 2. The van der Waals surface area contributed by atoms with Crippen LogP contribution in [0.25, 0.3) is 0 Å². The molecule has 0 radical (unpaired) electrons. The lowest BCUT2D eigenvalue weighted by molar-refractivity contribution is -0.138. The topological polar surface area (TPSA) is 69.6 Å². The Balaban J connectivity index is 2.13. The summed E-state index contributed by atoms with van der Waals surface area (Å²) in [6.07, 6.45) is 1.42. The summed E-state index contributed by atoms with van der Waals surface area (Å²) in [4.78, 5) is 26.0. The molecular weight excluding hydrogens is 340 g/mol. The normalized spacial score (nSPS) is 10.9. The molecule has 2 rings (SSSR count). The first-order valence-electron chi connectivity index (χ1n) is 8.83. The zero-order chi connectivity index (χ0) is 19.9. The fraction of sp³-hybridized carbons (Fsp3) is 0.273. The molecule has 0 aliphatic carbocycles. The van der Waals surface area contributed by atoms with Crippen LogP contribution in [0.15, 0.2) is 67.3 Å². The fourth-order valence-electron chi connectivity index (χ4n) is 2.66. The van der Waals surface area contributed by atoms with Crippen molar-refractivity contribution in [2.24, 2.45) is 0 Å². The Morgan fingerprint density at radius 2 is 1.70 bits per heavy atom.